The molecule has 0 radical (unpaired) electrons. The van der Waals surface area contributed by atoms with Gasteiger partial charge in [0.1, 0.15) is 22.8 Å². The number of hydrogen-bond donors (Lipinski definition) is 1. The van der Waals surface area contributed by atoms with E-state index in [1.807, 2.05) is 32.0 Å². The average molecular weight is 597 g/mol. The van der Waals surface area contributed by atoms with E-state index >= 15 is 0 Å². The molecule has 14 heteroatoms. The number of likely N-dealkylation sites (N-methyl/N-ethyl adjacent to an activating group) is 1. The van der Waals surface area contributed by atoms with Crippen LogP contribution in [0.25, 0.3) is 22.4 Å². The SMILES string of the molecule is CCc1c2nc(-c3cc(S(=O)(=O)N4CCN(CC)CC4)cnc3OCCOC)[nH]c(=O)c2nn1C(C)c1ccccn1. The van der Waals surface area contributed by atoms with Crippen LogP contribution < -0.4 is 10.3 Å². The van der Waals surface area contributed by atoms with E-state index in [4.69, 9.17) is 14.5 Å². The number of H-pyrrole nitrogens is 1. The van der Waals surface area contributed by atoms with Gasteiger partial charge in [0.15, 0.2) is 5.52 Å². The highest BCUT2D eigenvalue weighted by atomic mass is 32.2. The van der Waals surface area contributed by atoms with Gasteiger partial charge < -0.3 is 19.4 Å². The molecule has 1 atom stereocenters. The molecular weight excluding hydrogens is 560 g/mol. The van der Waals surface area contributed by atoms with E-state index in [1.165, 1.54) is 16.6 Å². The fourth-order valence-corrected chi connectivity index (χ4v) is 6.47. The maximum absolute atomic E-state index is 13.6. The number of nitrogens with zero attached hydrogens (tertiary/aromatic N) is 7. The van der Waals surface area contributed by atoms with Crippen molar-refractivity contribution in [2.24, 2.45) is 0 Å². The van der Waals surface area contributed by atoms with Gasteiger partial charge in [-0.3, -0.25) is 14.5 Å². The molecule has 1 saturated heterocycles. The molecule has 5 rings (SSSR count). The Morgan fingerprint density at radius 3 is 2.52 bits per heavy atom. The van der Waals surface area contributed by atoms with Gasteiger partial charge in [-0.15, -0.1) is 0 Å². The first-order valence-electron chi connectivity index (χ1n) is 14.0. The second-order valence-corrected chi connectivity index (χ2v) is 11.9. The molecular formula is C28H36N8O5S. The molecule has 1 N–H and O–H groups in total. The lowest BCUT2D eigenvalue weighted by molar-refractivity contribution is 0.144. The smallest absolute Gasteiger partial charge is 0.279 e. The molecule has 224 valence electrons. The van der Waals surface area contributed by atoms with Crippen LogP contribution in [0.3, 0.4) is 0 Å². The highest BCUT2D eigenvalue weighted by molar-refractivity contribution is 7.89. The molecule has 0 aromatic carbocycles. The van der Waals surface area contributed by atoms with Crippen molar-refractivity contribution in [2.75, 3.05) is 53.0 Å². The largest absolute Gasteiger partial charge is 0.475 e. The first kappa shape index (κ1) is 29.8. The summed E-state index contributed by atoms with van der Waals surface area (Å²) in [6.45, 7) is 9.39. The van der Waals surface area contributed by atoms with Crippen LogP contribution in [0, 0.1) is 0 Å². The van der Waals surface area contributed by atoms with Crippen molar-refractivity contribution in [3.8, 4) is 17.3 Å². The fourth-order valence-electron chi connectivity index (χ4n) is 5.08. The molecule has 5 heterocycles. The minimum absolute atomic E-state index is 0.000490. The first-order valence-corrected chi connectivity index (χ1v) is 15.5. The van der Waals surface area contributed by atoms with E-state index in [2.05, 4.69) is 31.9 Å². The molecule has 42 heavy (non-hydrogen) atoms. The summed E-state index contributed by atoms with van der Waals surface area (Å²) in [7, 11) is -2.30. The lowest BCUT2D eigenvalue weighted by atomic mass is 10.2. The summed E-state index contributed by atoms with van der Waals surface area (Å²) in [5.41, 5.74) is 1.96. The van der Waals surface area contributed by atoms with E-state index in [1.54, 1.807) is 18.0 Å². The molecule has 4 aromatic rings. The Bertz CT molecular complexity index is 1700. The predicted octanol–water partition coefficient (Wildman–Crippen LogP) is 2.10. The summed E-state index contributed by atoms with van der Waals surface area (Å²) in [5, 5.41) is 4.61. The molecule has 4 aromatic heterocycles. The molecule has 1 aliphatic heterocycles. The fraction of sp³-hybridized carbons (Fsp3) is 0.464. The van der Waals surface area contributed by atoms with Crippen LogP contribution in [-0.2, 0) is 21.2 Å². The summed E-state index contributed by atoms with van der Waals surface area (Å²) in [6, 6.07) is 6.87. The third kappa shape index (κ3) is 5.79. The number of ether oxygens (including phenoxy) is 2. The molecule has 0 aliphatic carbocycles. The summed E-state index contributed by atoms with van der Waals surface area (Å²) in [6.07, 6.45) is 3.55. The van der Waals surface area contributed by atoms with Gasteiger partial charge >= 0.3 is 0 Å². The Morgan fingerprint density at radius 2 is 1.86 bits per heavy atom. The van der Waals surface area contributed by atoms with Crippen molar-refractivity contribution in [1.82, 2.24) is 38.9 Å². The third-order valence-corrected chi connectivity index (χ3v) is 9.36. The van der Waals surface area contributed by atoms with E-state index in [9.17, 15) is 13.2 Å². The van der Waals surface area contributed by atoms with Crippen LogP contribution in [0.2, 0.25) is 0 Å². The second-order valence-electron chi connectivity index (χ2n) is 9.99. The second kappa shape index (κ2) is 12.7. The highest BCUT2D eigenvalue weighted by Gasteiger charge is 2.30. The van der Waals surface area contributed by atoms with Crippen molar-refractivity contribution < 1.29 is 17.9 Å². The molecule has 0 spiro atoms. The highest BCUT2D eigenvalue weighted by Crippen LogP contribution is 2.31. The number of sulfonamides is 1. The van der Waals surface area contributed by atoms with Crippen molar-refractivity contribution in [3.63, 3.8) is 0 Å². The summed E-state index contributed by atoms with van der Waals surface area (Å²) < 4.78 is 41.4. The molecule has 1 unspecified atom stereocenters. The minimum Gasteiger partial charge on any atom is -0.475 e. The number of pyridine rings is 2. The molecule has 0 amide bonds. The van der Waals surface area contributed by atoms with Gasteiger partial charge in [-0.25, -0.2) is 18.4 Å². The third-order valence-electron chi connectivity index (χ3n) is 7.49. The predicted molar refractivity (Wildman–Crippen MR) is 157 cm³/mol. The van der Waals surface area contributed by atoms with Gasteiger partial charge in [-0.1, -0.05) is 19.9 Å². The average Bonchev–Trinajstić information content (AvgIpc) is 3.40. The Morgan fingerprint density at radius 1 is 1.07 bits per heavy atom. The van der Waals surface area contributed by atoms with Crippen LogP contribution in [0.15, 0.2) is 46.3 Å². The zero-order valence-electron chi connectivity index (χ0n) is 24.3. The van der Waals surface area contributed by atoms with E-state index in [0.717, 1.165) is 17.9 Å². The van der Waals surface area contributed by atoms with Crippen LogP contribution >= 0.6 is 0 Å². The Kier molecular flexibility index (Phi) is 8.96. The van der Waals surface area contributed by atoms with Gasteiger partial charge in [-0.2, -0.15) is 9.40 Å². The standard InChI is InChI=1S/C28H36N8O5S/c1-5-23-24-25(33-36(23)19(3)22-9-7-8-10-29-22)27(37)32-26(31-24)21-17-20(18-30-28(21)41-16-15-40-4)42(38,39)35-13-11-34(6-2)12-14-35/h7-10,17-19H,5-6,11-16H2,1-4H3,(H,31,32,37). The van der Waals surface area contributed by atoms with Crippen LogP contribution in [0.4, 0.5) is 0 Å². The lowest BCUT2D eigenvalue weighted by Crippen LogP contribution is -2.48. The lowest BCUT2D eigenvalue weighted by Gasteiger charge is -2.33. The van der Waals surface area contributed by atoms with E-state index in [-0.39, 0.29) is 40.3 Å². The normalized spacial score (nSPS) is 15.7. The number of aryl methyl sites for hydroxylation is 1. The van der Waals surface area contributed by atoms with Gasteiger partial charge in [0.25, 0.3) is 5.56 Å². The quantitative estimate of drug-likeness (QED) is 0.255. The number of hydrogen-bond acceptors (Lipinski definition) is 10. The first-order chi connectivity index (χ1) is 20.3. The zero-order chi connectivity index (χ0) is 29.9. The maximum atomic E-state index is 13.6. The maximum Gasteiger partial charge on any atom is 0.279 e. The number of aromatic amines is 1. The van der Waals surface area contributed by atoms with Crippen molar-refractivity contribution in [3.05, 3.63) is 58.4 Å². The topological polar surface area (TPSA) is 148 Å². The van der Waals surface area contributed by atoms with E-state index in [0.29, 0.717) is 44.7 Å². The Balaban J connectivity index is 1.60. The Labute approximate surface area is 244 Å². The van der Waals surface area contributed by atoms with Gasteiger partial charge in [0, 0.05) is 39.5 Å². The van der Waals surface area contributed by atoms with E-state index < -0.39 is 15.6 Å². The van der Waals surface area contributed by atoms with Crippen LogP contribution in [-0.4, -0.2) is 100 Å². The number of methoxy groups -OCH3 is 1. The van der Waals surface area contributed by atoms with Crippen molar-refractivity contribution in [2.45, 2.75) is 38.1 Å². The molecule has 1 fully saturated rings. The molecule has 1 aliphatic rings. The van der Waals surface area contributed by atoms with Gasteiger partial charge in [0.2, 0.25) is 15.9 Å². The summed E-state index contributed by atoms with van der Waals surface area (Å²) in [4.78, 5) is 32.0. The van der Waals surface area contributed by atoms with Gasteiger partial charge in [0.05, 0.1) is 35.8 Å². The van der Waals surface area contributed by atoms with Crippen molar-refractivity contribution in [1.29, 1.82) is 0 Å². The van der Waals surface area contributed by atoms with Gasteiger partial charge in [-0.05, 0) is 38.1 Å². The number of rotatable bonds is 11. The van der Waals surface area contributed by atoms with Crippen molar-refractivity contribution >= 4 is 21.1 Å². The minimum atomic E-state index is -3.85. The molecule has 13 nitrogen and oxygen atoms in total. The number of piperazine rings is 1. The summed E-state index contributed by atoms with van der Waals surface area (Å²) in [5.74, 6) is 0.275. The van der Waals surface area contributed by atoms with Crippen LogP contribution in [0.1, 0.15) is 38.2 Å². The molecule has 0 saturated carbocycles. The number of nitrogens with one attached hydrogen (secondary N) is 1. The monoisotopic (exact) mass is 596 g/mol. The molecule has 0 bridgehead atoms. The number of fused-ring (bicyclic) bond motifs is 1. The number of aromatic nitrogens is 6. The summed E-state index contributed by atoms with van der Waals surface area (Å²) >= 11 is 0. The Hall–Kier alpha value is -3.72. The van der Waals surface area contributed by atoms with Crippen LogP contribution in [0.5, 0.6) is 5.88 Å². The zero-order valence-corrected chi connectivity index (χ0v) is 25.1.